The number of nitrogens with zero attached hydrogens (tertiary/aromatic N) is 3. The molecular formula is C21H27FN4O2. The summed E-state index contributed by atoms with van der Waals surface area (Å²) in [6, 6.07) is 6.57. The van der Waals surface area contributed by atoms with Crippen LogP contribution < -0.4 is 0 Å². The Morgan fingerprint density at radius 3 is 2.82 bits per heavy atom. The van der Waals surface area contributed by atoms with Gasteiger partial charge in [-0.1, -0.05) is 12.1 Å². The number of hydrogen-bond acceptors (Lipinski definition) is 4. The Bertz CT molecular complexity index is 816. The second kappa shape index (κ2) is 8.41. The Morgan fingerprint density at radius 1 is 1.25 bits per heavy atom. The molecule has 0 spiro atoms. The zero-order valence-electron chi connectivity index (χ0n) is 16.0. The topological polar surface area (TPSA) is 72.5 Å². The van der Waals surface area contributed by atoms with Crippen molar-refractivity contribution in [2.75, 3.05) is 32.7 Å². The van der Waals surface area contributed by atoms with Gasteiger partial charge in [-0.15, -0.1) is 0 Å². The van der Waals surface area contributed by atoms with Crippen LogP contribution >= 0.6 is 0 Å². The highest BCUT2D eigenvalue weighted by Gasteiger charge is 2.28. The van der Waals surface area contributed by atoms with E-state index in [4.69, 9.17) is 0 Å². The number of amides is 1. The van der Waals surface area contributed by atoms with Crippen molar-refractivity contribution in [1.82, 2.24) is 20.0 Å². The van der Waals surface area contributed by atoms with Gasteiger partial charge in [-0.2, -0.15) is 5.10 Å². The fraction of sp³-hybridized carbons (Fsp3) is 0.524. The third kappa shape index (κ3) is 4.25. The number of nitrogens with one attached hydrogen (secondary N) is 1. The van der Waals surface area contributed by atoms with Gasteiger partial charge in [0, 0.05) is 36.8 Å². The minimum Gasteiger partial charge on any atom is -0.392 e. The third-order valence-corrected chi connectivity index (χ3v) is 5.90. The number of aromatic amines is 1. The van der Waals surface area contributed by atoms with Crippen molar-refractivity contribution in [3.05, 3.63) is 42.0 Å². The average Bonchev–Trinajstić information content (AvgIpc) is 3.18. The predicted octanol–water partition coefficient (Wildman–Crippen LogP) is 2.38. The monoisotopic (exact) mass is 386 g/mol. The van der Waals surface area contributed by atoms with Crippen molar-refractivity contribution in [3.63, 3.8) is 0 Å². The van der Waals surface area contributed by atoms with Gasteiger partial charge >= 0.3 is 0 Å². The van der Waals surface area contributed by atoms with Gasteiger partial charge in [0.15, 0.2) is 0 Å². The van der Waals surface area contributed by atoms with Gasteiger partial charge in [0.25, 0.3) is 0 Å². The second-order valence-corrected chi connectivity index (χ2v) is 7.89. The molecule has 2 aromatic rings. The number of carbonyl (C=O) groups is 1. The lowest BCUT2D eigenvalue weighted by atomic mass is 9.89. The van der Waals surface area contributed by atoms with E-state index in [-0.39, 0.29) is 23.7 Å². The summed E-state index contributed by atoms with van der Waals surface area (Å²) in [6.07, 6.45) is 4.93. The minimum atomic E-state index is -0.311. The van der Waals surface area contributed by atoms with E-state index in [1.807, 2.05) is 11.0 Å². The average molecular weight is 386 g/mol. The quantitative estimate of drug-likeness (QED) is 0.846. The highest BCUT2D eigenvalue weighted by Crippen LogP contribution is 2.34. The summed E-state index contributed by atoms with van der Waals surface area (Å²) in [6.45, 7) is 3.28. The normalized spacial score (nSPS) is 21.8. The van der Waals surface area contributed by atoms with Crippen molar-refractivity contribution in [2.45, 2.75) is 37.7 Å². The fourth-order valence-electron chi connectivity index (χ4n) is 4.38. The molecule has 0 bridgehead atoms. The number of aromatic nitrogens is 2. The standard InChI is InChI=1S/C21H27FN4O2/c22-17-4-1-3-16(11-17)19-12-23-24-21(19)15-6-9-26(10-7-15)20(28)14-25-8-2-5-18(27)13-25/h1,3-4,11-12,15,18,27H,2,5-10,13-14H2,(H,23,24)/t18-/m1/s1. The molecule has 2 aliphatic rings. The Kier molecular flexibility index (Phi) is 5.73. The molecule has 1 aromatic carbocycles. The SMILES string of the molecule is O=C(CN1CCC[C@@H](O)C1)N1CCC(c2[nH]ncc2-c2cccc(F)c2)CC1. The van der Waals surface area contributed by atoms with E-state index in [0.29, 0.717) is 26.2 Å². The lowest BCUT2D eigenvalue weighted by molar-refractivity contribution is -0.134. The van der Waals surface area contributed by atoms with E-state index >= 15 is 0 Å². The first-order valence-corrected chi connectivity index (χ1v) is 10.1. The van der Waals surface area contributed by atoms with Gasteiger partial charge in [-0.3, -0.25) is 14.8 Å². The van der Waals surface area contributed by atoms with E-state index in [1.54, 1.807) is 12.3 Å². The van der Waals surface area contributed by atoms with Gasteiger partial charge in [-0.25, -0.2) is 4.39 Å². The summed E-state index contributed by atoms with van der Waals surface area (Å²) >= 11 is 0. The lowest BCUT2D eigenvalue weighted by Crippen LogP contribution is -2.47. The van der Waals surface area contributed by atoms with Crippen LogP contribution in [-0.2, 0) is 4.79 Å². The molecule has 2 fully saturated rings. The van der Waals surface area contributed by atoms with Gasteiger partial charge in [0.1, 0.15) is 5.82 Å². The summed E-state index contributed by atoms with van der Waals surface area (Å²) in [5.41, 5.74) is 2.79. The smallest absolute Gasteiger partial charge is 0.236 e. The van der Waals surface area contributed by atoms with E-state index in [2.05, 4.69) is 15.1 Å². The molecule has 2 aliphatic heterocycles. The summed E-state index contributed by atoms with van der Waals surface area (Å²) in [4.78, 5) is 16.6. The molecule has 1 amide bonds. The molecule has 7 heteroatoms. The van der Waals surface area contributed by atoms with Crippen LogP contribution in [0.15, 0.2) is 30.5 Å². The van der Waals surface area contributed by atoms with Gasteiger partial charge in [0.05, 0.1) is 18.8 Å². The van der Waals surface area contributed by atoms with Crippen molar-refractivity contribution in [3.8, 4) is 11.1 Å². The Hall–Kier alpha value is -2.25. The number of carbonyl (C=O) groups excluding carboxylic acids is 1. The molecule has 4 rings (SSSR count). The summed E-state index contributed by atoms with van der Waals surface area (Å²) < 4.78 is 13.6. The van der Waals surface area contributed by atoms with E-state index < -0.39 is 0 Å². The first-order chi connectivity index (χ1) is 13.6. The number of aliphatic hydroxyl groups is 1. The molecule has 3 heterocycles. The number of aliphatic hydroxyl groups excluding tert-OH is 1. The molecule has 2 N–H and O–H groups in total. The number of benzene rings is 1. The largest absolute Gasteiger partial charge is 0.392 e. The predicted molar refractivity (Wildman–Crippen MR) is 104 cm³/mol. The maximum Gasteiger partial charge on any atom is 0.236 e. The van der Waals surface area contributed by atoms with Crippen molar-refractivity contribution in [1.29, 1.82) is 0 Å². The van der Waals surface area contributed by atoms with Crippen LogP contribution in [0.2, 0.25) is 0 Å². The molecule has 150 valence electrons. The summed E-state index contributed by atoms with van der Waals surface area (Å²) in [5.74, 6) is 0.164. The molecule has 28 heavy (non-hydrogen) atoms. The third-order valence-electron chi connectivity index (χ3n) is 5.90. The van der Waals surface area contributed by atoms with Crippen molar-refractivity contribution >= 4 is 5.91 Å². The highest BCUT2D eigenvalue weighted by atomic mass is 19.1. The molecule has 6 nitrogen and oxygen atoms in total. The van der Waals surface area contributed by atoms with Gasteiger partial charge < -0.3 is 10.0 Å². The molecule has 0 aliphatic carbocycles. The Balaban J connectivity index is 1.36. The summed E-state index contributed by atoms with van der Waals surface area (Å²) in [5, 5.41) is 17.1. The maximum absolute atomic E-state index is 13.6. The van der Waals surface area contributed by atoms with Crippen LogP contribution in [-0.4, -0.2) is 69.8 Å². The van der Waals surface area contributed by atoms with Gasteiger partial charge in [0.2, 0.25) is 5.91 Å². The van der Waals surface area contributed by atoms with Crippen LogP contribution in [0.1, 0.15) is 37.3 Å². The first kappa shape index (κ1) is 19.1. The van der Waals surface area contributed by atoms with E-state index in [0.717, 1.165) is 49.0 Å². The van der Waals surface area contributed by atoms with Crippen LogP contribution in [0.5, 0.6) is 0 Å². The van der Waals surface area contributed by atoms with Crippen LogP contribution in [0.3, 0.4) is 0 Å². The van der Waals surface area contributed by atoms with Crippen molar-refractivity contribution in [2.24, 2.45) is 0 Å². The zero-order valence-corrected chi connectivity index (χ0v) is 16.0. The summed E-state index contributed by atoms with van der Waals surface area (Å²) in [7, 11) is 0. The molecular weight excluding hydrogens is 359 g/mol. The number of H-pyrrole nitrogens is 1. The van der Waals surface area contributed by atoms with E-state index in [1.165, 1.54) is 12.1 Å². The van der Waals surface area contributed by atoms with Crippen LogP contribution in [0.25, 0.3) is 11.1 Å². The lowest BCUT2D eigenvalue weighted by Gasteiger charge is -2.35. The van der Waals surface area contributed by atoms with Crippen LogP contribution in [0.4, 0.5) is 4.39 Å². The molecule has 2 saturated heterocycles. The number of β-amino-alcohol motifs (C(OH)–C–C–N with tert-alkyl or cyclic N) is 1. The molecule has 1 atom stereocenters. The highest BCUT2D eigenvalue weighted by molar-refractivity contribution is 5.78. The number of halogens is 1. The Labute approximate surface area is 164 Å². The maximum atomic E-state index is 13.6. The van der Waals surface area contributed by atoms with Crippen molar-refractivity contribution < 1.29 is 14.3 Å². The van der Waals surface area contributed by atoms with E-state index in [9.17, 15) is 14.3 Å². The first-order valence-electron chi connectivity index (χ1n) is 10.1. The number of hydrogen-bond donors (Lipinski definition) is 2. The Morgan fingerprint density at radius 2 is 2.07 bits per heavy atom. The molecule has 0 saturated carbocycles. The zero-order chi connectivity index (χ0) is 19.5. The molecule has 1 aromatic heterocycles. The molecule has 0 unspecified atom stereocenters. The minimum absolute atomic E-state index is 0.141. The molecule has 0 radical (unpaired) electrons. The number of likely N-dealkylation sites (tertiary alicyclic amines) is 2. The van der Waals surface area contributed by atoms with Gasteiger partial charge in [-0.05, 0) is 49.9 Å². The van der Waals surface area contributed by atoms with Crippen LogP contribution in [0, 0.1) is 5.82 Å². The fourth-order valence-corrected chi connectivity index (χ4v) is 4.38. The number of piperidine rings is 2. The second-order valence-electron chi connectivity index (χ2n) is 7.89. The number of rotatable bonds is 4.